The molecule has 0 aromatic heterocycles. The van der Waals surface area contributed by atoms with Gasteiger partial charge in [-0.1, -0.05) is 30.0 Å². The number of hydrogen-bond donors (Lipinski definition) is 0. The molecule has 1 amide bonds. The molecule has 0 aliphatic carbocycles. The summed E-state index contributed by atoms with van der Waals surface area (Å²) in [5.41, 5.74) is 0.409. The van der Waals surface area contributed by atoms with E-state index in [0.717, 1.165) is 23.9 Å². The van der Waals surface area contributed by atoms with Crippen LogP contribution in [0.25, 0.3) is 0 Å². The van der Waals surface area contributed by atoms with Gasteiger partial charge in [-0.3, -0.25) is 4.79 Å². The van der Waals surface area contributed by atoms with Gasteiger partial charge in [-0.15, -0.1) is 13.2 Å². The number of fused-ring (bicyclic) bond motifs is 1. The minimum atomic E-state index is -4.83. The van der Waals surface area contributed by atoms with Gasteiger partial charge in [-0.25, -0.2) is 8.42 Å². The highest BCUT2D eigenvalue weighted by Crippen LogP contribution is 2.41. The molecule has 2 atom stereocenters. The van der Waals surface area contributed by atoms with E-state index >= 15 is 0 Å². The molecule has 4 rings (SSSR count). The number of rotatable bonds is 5. The third-order valence-corrected chi connectivity index (χ3v) is 7.95. The first-order chi connectivity index (χ1) is 15.1. The summed E-state index contributed by atoms with van der Waals surface area (Å²) in [6, 6.07) is 13.2. The van der Waals surface area contributed by atoms with Gasteiger partial charge in [-0.05, 0) is 36.4 Å². The highest BCUT2D eigenvalue weighted by Gasteiger charge is 2.49. The van der Waals surface area contributed by atoms with E-state index in [-0.39, 0.29) is 28.5 Å². The Bertz CT molecular complexity index is 1120. The van der Waals surface area contributed by atoms with Crippen molar-refractivity contribution < 1.29 is 35.9 Å². The van der Waals surface area contributed by atoms with Crippen LogP contribution in [0.3, 0.4) is 0 Å². The van der Waals surface area contributed by atoms with Gasteiger partial charge >= 0.3 is 6.36 Å². The molecule has 0 unspecified atom stereocenters. The van der Waals surface area contributed by atoms with Crippen molar-refractivity contribution in [1.82, 2.24) is 0 Å². The second kappa shape index (κ2) is 8.66. The van der Waals surface area contributed by atoms with Crippen molar-refractivity contribution in [2.24, 2.45) is 4.99 Å². The maximum atomic E-state index is 12.4. The number of halogens is 3. The molecule has 7 nitrogen and oxygen atoms in total. The van der Waals surface area contributed by atoms with Crippen LogP contribution in [0.2, 0.25) is 0 Å². The van der Waals surface area contributed by atoms with Crippen molar-refractivity contribution in [1.29, 1.82) is 0 Å². The van der Waals surface area contributed by atoms with Gasteiger partial charge in [0, 0.05) is 10.9 Å². The van der Waals surface area contributed by atoms with Gasteiger partial charge in [-0.2, -0.15) is 4.99 Å². The van der Waals surface area contributed by atoms with Crippen LogP contribution in [0.4, 0.5) is 18.9 Å². The Labute approximate surface area is 186 Å². The van der Waals surface area contributed by atoms with Crippen LogP contribution < -0.4 is 14.4 Å². The standard InChI is InChI=1S/C20H17F3N2O5S2/c21-20(22,23)30-15-8-6-13(7-9-15)25-16-11-32(27,28)12-17(16)31-19(25)24-18(26)10-29-14-4-2-1-3-5-14/h1-9,16-17H,10-12H2/t16-,17-/m0/s1. The number of nitrogens with zero attached hydrogens (tertiary/aromatic N) is 2. The molecule has 2 fully saturated rings. The molecule has 2 aromatic rings. The number of amides is 1. The molecule has 0 radical (unpaired) electrons. The summed E-state index contributed by atoms with van der Waals surface area (Å²) < 4.78 is 70.8. The normalized spacial score (nSPS) is 23.2. The summed E-state index contributed by atoms with van der Waals surface area (Å²) in [4.78, 5) is 18.1. The van der Waals surface area contributed by atoms with Gasteiger partial charge in [0.15, 0.2) is 21.6 Å². The van der Waals surface area contributed by atoms with E-state index in [1.54, 1.807) is 35.2 Å². The van der Waals surface area contributed by atoms with E-state index < -0.39 is 33.9 Å². The lowest BCUT2D eigenvalue weighted by Crippen LogP contribution is -2.37. The van der Waals surface area contributed by atoms with Gasteiger partial charge < -0.3 is 14.4 Å². The summed E-state index contributed by atoms with van der Waals surface area (Å²) in [6.07, 6.45) is -4.83. The SMILES string of the molecule is O=C(COc1ccccc1)N=C1S[C@H]2CS(=O)(=O)C[C@@H]2N1c1ccc(OC(F)(F)F)cc1. The third-order valence-electron chi connectivity index (χ3n) is 4.74. The second-order valence-electron chi connectivity index (χ2n) is 7.10. The maximum Gasteiger partial charge on any atom is 0.573 e. The van der Waals surface area contributed by atoms with Crippen LogP contribution in [0.15, 0.2) is 59.6 Å². The van der Waals surface area contributed by atoms with Crippen LogP contribution in [0.5, 0.6) is 11.5 Å². The van der Waals surface area contributed by atoms with E-state index in [1.165, 1.54) is 12.1 Å². The molecule has 12 heteroatoms. The minimum Gasteiger partial charge on any atom is -0.484 e. The van der Waals surface area contributed by atoms with Crippen molar-refractivity contribution in [3.05, 3.63) is 54.6 Å². The van der Waals surface area contributed by atoms with E-state index in [2.05, 4.69) is 9.73 Å². The first kappa shape index (κ1) is 22.5. The number of alkyl halides is 3. The Morgan fingerprint density at radius 1 is 1.06 bits per heavy atom. The second-order valence-corrected chi connectivity index (χ2v) is 10.5. The molecule has 0 bridgehead atoms. The van der Waals surface area contributed by atoms with Crippen molar-refractivity contribution >= 4 is 38.4 Å². The molecule has 0 spiro atoms. The van der Waals surface area contributed by atoms with Crippen LogP contribution in [-0.4, -0.2) is 55.3 Å². The quantitative estimate of drug-likeness (QED) is 0.641. The van der Waals surface area contributed by atoms with Crippen LogP contribution in [0, 0.1) is 0 Å². The van der Waals surface area contributed by atoms with Crippen molar-refractivity contribution in [2.45, 2.75) is 17.7 Å². The van der Waals surface area contributed by atoms with Crippen molar-refractivity contribution in [3.63, 3.8) is 0 Å². The Kier molecular flexibility index (Phi) is 6.08. The number of ether oxygens (including phenoxy) is 2. The molecule has 170 valence electrons. The topological polar surface area (TPSA) is 85.3 Å². The molecule has 0 N–H and O–H groups in total. The summed E-state index contributed by atoms with van der Waals surface area (Å²) in [6.45, 7) is -0.312. The number of benzene rings is 2. The molecule has 2 aliphatic heterocycles. The number of para-hydroxylation sites is 1. The Balaban J connectivity index is 1.56. The maximum absolute atomic E-state index is 12.4. The monoisotopic (exact) mass is 486 g/mol. The molecule has 2 aromatic carbocycles. The lowest BCUT2D eigenvalue weighted by molar-refractivity contribution is -0.274. The summed E-state index contributed by atoms with van der Waals surface area (Å²) in [5, 5.41) is -0.0613. The molecule has 32 heavy (non-hydrogen) atoms. The molecular weight excluding hydrogens is 469 g/mol. The highest BCUT2D eigenvalue weighted by molar-refractivity contribution is 8.16. The lowest BCUT2D eigenvalue weighted by Gasteiger charge is -2.24. The zero-order valence-electron chi connectivity index (χ0n) is 16.4. The van der Waals surface area contributed by atoms with Crippen LogP contribution >= 0.6 is 11.8 Å². The Hall–Kier alpha value is -2.73. The van der Waals surface area contributed by atoms with Gasteiger partial charge in [0.1, 0.15) is 11.5 Å². The highest BCUT2D eigenvalue weighted by atomic mass is 32.2. The zero-order valence-corrected chi connectivity index (χ0v) is 18.0. The Morgan fingerprint density at radius 2 is 1.75 bits per heavy atom. The predicted octanol–water partition coefficient (Wildman–Crippen LogP) is 3.27. The fourth-order valence-electron chi connectivity index (χ4n) is 3.48. The summed E-state index contributed by atoms with van der Waals surface area (Å²) >= 11 is 1.16. The lowest BCUT2D eigenvalue weighted by atomic mass is 10.2. The number of sulfone groups is 1. The number of aliphatic imine (C=N–C) groups is 1. The van der Waals surface area contributed by atoms with E-state index in [1.807, 2.05) is 0 Å². The largest absolute Gasteiger partial charge is 0.573 e. The fourth-order valence-corrected chi connectivity index (χ4v) is 7.41. The van der Waals surface area contributed by atoms with Crippen molar-refractivity contribution in [2.75, 3.05) is 23.0 Å². The molecule has 2 heterocycles. The van der Waals surface area contributed by atoms with E-state index in [9.17, 15) is 26.4 Å². The Morgan fingerprint density at radius 3 is 2.41 bits per heavy atom. The molecule has 2 saturated heterocycles. The number of amidine groups is 1. The number of hydrogen-bond acceptors (Lipinski definition) is 6. The molecular formula is C20H17F3N2O5S2. The van der Waals surface area contributed by atoms with Crippen molar-refractivity contribution in [3.8, 4) is 11.5 Å². The smallest absolute Gasteiger partial charge is 0.484 e. The number of carbonyl (C=O) groups is 1. The fraction of sp³-hybridized carbons (Fsp3) is 0.300. The van der Waals surface area contributed by atoms with Crippen LogP contribution in [0.1, 0.15) is 0 Å². The average molecular weight is 486 g/mol. The number of thioether (sulfide) groups is 1. The first-order valence-electron chi connectivity index (χ1n) is 9.41. The van der Waals surface area contributed by atoms with E-state index in [0.29, 0.717) is 11.4 Å². The third kappa shape index (κ3) is 5.36. The molecule has 0 saturated carbocycles. The van der Waals surface area contributed by atoms with Gasteiger partial charge in [0.25, 0.3) is 5.91 Å². The predicted molar refractivity (Wildman–Crippen MR) is 114 cm³/mol. The zero-order chi connectivity index (χ0) is 22.9. The summed E-state index contributed by atoms with van der Waals surface area (Å²) in [7, 11) is -3.28. The number of anilines is 1. The van der Waals surface area contributed by atoms with E-state index in [4.69, 9.17) is 4.74 Å². The molecule has 2 aliphatic rings. The minimum absolute atomic E-state index is 0.0676. The van der Waals surface area contributed by atoms with Gasteiger partial charge in [0.05, 0.1) is 17.5 Å². The number of carbonyl (C=O) groups excluding carboxylic acids is 1. The first-order valence-corrected chi connectivity index (χ1v) is 12.1. The average Bonchev–Trinajstić information content (AvgIpc) is 3.17. The van der Waals surface area contributed by atoms with Crippen LogP contribution in [-0.2, 0) is 14.6 Å². The van der Waals surface area contributed by atoms with Gasteiger partial charge in [0.2, 0.25) is 0 Å². The summed E-state index contributed by atoms with van der Waals surface area (Å²) in [5.74, 6) is -0.683.